The van der Waals surface area contributed by atoms with Crippen LogP contribution in [-0.2, 0) is 0 Å². The molecule has 0 aliphatic carbocycles. The molecule has 0 atom stereocenters. The van der Waals surface area contributed by atoms with Crippen molar-refractivity contribution in [2.45, 2.75) is 0 Å². The number of halogens is 2. The summed E-state index contributed by atoms with van der Waals surface area (Å²) in [5.74, 6) is 0.286. The number of hydrogen-bond donors (Lipinski definition) is 0. The van der Waals surface area contributed by atoms with Gasteiger partial charge in [0.25, 0.3) is 0 Å². The normalized spacial score (nSPS) is 11.2. The van der Waals surface area contributed by atoms with Crippen molar-refractivity contribution >= 4 is 34.2 Å². The Balaban J connectivity index is 2.37. The first-order chi connectivity index (χ1) is 8.19. The molecule has 4 heteroatoms. The molecule has 1 heterocycles. The molecule has 2 rings (SSSR count). The molecule has 0 unspecified atom stereocenters. The maximum atomic E-state index is 12.8. The quantitative estimate of drug-likeness (QED) is 0.611. The average Bonchev–Trinajstić information content (AvgIpc) is 2.73. The van der Waals surface area contributed by atoms with Gasteiger partial charge in [0, 0.05) is 0 Å². The second-order valence-electron chi connectivity index (χ2n) is 3.32. The highest BCUT2D eigenvalue weighted by atomic mass is 127. The van der Waals surface area contributed by atoms with Crippen LogP contribution in [-0.4, -0.2) is 0 Å². The van der Waals surface area contributed by atoms with E-state index < -0.39 is 0 Å². The summed E-state index contributed by atoms with van der Waals surface area (Å²) in [5, 5.41) is 9.06. The monoisotopic (exact) mass is 339 g/mol. The van der Waals surface area contributed by atoms with Gasteiger partial charge >= 0.3 is 0 Å². The van der Waals surface area contributed by atoms with Gasteiger partial charge in [-0.15, -0.1) is 0 Å². The molecular weight excluding hydrogens is 332 g/mol. The van der Waals surface area contributed by atoms with Crippen LogP contribution in [0.25, 0.3) is 11.6 Å². The van der Waals surface area contributed by atoms with Crippen LogP contribution >= 0.6 is 22.6 Å². The van der Waals surface area contributed by atoms with Crippen LogP contribution in [0.1, 0.15) is 11.3 Å². The summed E-state index contributed by atoms with van der Waals surface area (Å²) < 4.78 is 18.9. The molecule has 0 bridgehead atoms. The zero-order valence-corrected chi connectivity index (χ0v) is 10.8. The number of nitrogens with zero attached hydrogens (tertiary/aromatic N) is 1. The molecule has 1 aromatic heterocycles. The molecule has 1 aromatic carbocycles. The Morgan fingerprint density at radius 2 is 1.94 bits per heavy atom. The molecule has 0 aliphatic heterocycles. The van der Waals surface area contributed by atoms with E-state index in [0.717, 1.165) is 3.77 Å². The fourth-order valence-corrected chi connectivity index (χ4v) is 1.79. The van der Waals surface area contributed by atoms with Gasteiger partial charge in [-0.2, -0.15) is 5.26 Å². The zero-order valence-electron chi connectivity index (χ0n) is 8.65. The smallest absolute Gasteiger partial charge is 0.164 e. The van der Waals surface area contributed by atoms with Gasteiger partial charge in [-0.1, -0.05) is 12.1 Å². The van der Waals surface area contributed by atoms with Crippen LogP contribution in [0.5, 0.6) is 0 Å². The molecule has 0 N–H and O–H groups in total. The maximum Gasteiger partial charge on any atom is 0.164 e. The van der Waals surface area contributed by atoms with E-state index in [1.54, 1.807) is 24.3 Å². The van der Waals surface area contributed by atoms with Gasteiger partial charge in [-0.05, 0) is 58.5 Å². The molecule has 0 saturated heterocycles. The number of hydrogen-bond acceptors (Lipinski definition) is 2. The Morgan fingerprint density at radius 3 is 2.47 bits per heavy atom. The van der Waals surface area contributed by atoms with Crippen molar-refractivity contribution in [1.82, 2.24) is 0 Å². The minimum atomic E-state index is -0.321. The summed E-state index contributed by atoms with van der Waals surface area (Å²) in [7, 11) is 0. The predicted molar refractivity (Wildman–Crippen MR) is 71.3 cm³/mol. The standard InChI is InChI=1S/C13H7FINO/c14-11-3-1-9(2-4-11)10(8-16)7-12-5-6-13(15)17-12/h1-7H. The van der Waals surface area contributed by atoms with Crippen molar-refractivity contribution in [1.29, 1.82) is 5.26 Å². The fourth-order valence-electron chi connectivity index (χ4n) is 1.36. The molecule has 0 radical (unpaired) electrons. The van der Waals surface area contributed by atoms with E-state index in [1.807, 2.05) is 6.07 Å². The molecule has 2 nitrogen and oxygen atoms in total. The zero-order chi connectivity index (χ0) is 12.3. The lowest BCUT2D eigenvalue weighted by molar-refractivity contribution is 0.528. The summed E-state index contributed by atoms with van der Waals surface area (Å²) in [6.45, 7) is 0. The van der Waals surface area contributed by atoms with E-state index in [1.165, 1.54) is 12.1 Å². The summed E-state index contributed by atoms with van der Waals surface area (Å²) in [6, 6.07) is 11.5. The van der Waals surface area contributed by atoms with Gasteiger partial charge in [0.1, 0.15) is 11.6 Å². The molecular formula is C13H7FINO. The lowest BCUT2D eigenvalue weighted by atomic mass is 10.1. The topological polar surface area (TPSA) is 36.9 Å². The number of nitriles is 1. The highest BCUT2D eigenvalue weighted by Gasteiger charge is 2.03. The van der Waals surface area contributed by atoms with Gasteiger partial charge in [0.05, 0.1) is 11.6 Å². The maximum absolute atomic E-state index is 12.8. The van der Waals surface area contributed by atoms with E-state index in [2.05, 4.69) is 28.7 Å². The Bertz CT molecular complexity index is 593. The van der Waals surface area contributed by atoms with Crippen molar-refractivity contribution in [2.75, 3.05) is 0 Å². The molecule has 0 saturated carbocycles. The Kier molecular flexibility index (Phi) is 3.59. The third kappa shape index (κ3) is 2.94. The summed E-state index contributed by atoms with van der Waals surface area (Å²) in [4.78, 5) is 0. The van der Waals surface area contributed by atoms with Crippen molar-refractivity contribution < 1.29 is 8.81 Å². The van der Waals surface area contributed by atoms with Gasteiger partial charge in [0.15, 0.2) is 3.77 Å². The summed E-state index contributed by atoms with van der Waals surface area (Å²) >= 11 is 2.05. The molecule has 0 amide bonds. The minimum absolute atomic E-state index is 0.321. The van der Waals surface area contributed by atoms with Gasteiger partial charge in [0.2, 0.25) is 0 Å². The highest BCUT2D eigenvalue weighted by molar-refractivity contribution is 14.1. The first-order valence-electron chi connectivity index (χ1n) is 4.82. The number of rotatable bonds is 2. The molecule has 84 valence electrons. The summed E-state index contributed by atoms with van der Waals surface area (Å²) in [5.41, 5.74) is 1.11. The molecule has 0 fully saturated rings. The third-order valence-corrected chi connectivity index (χ3v) is 2.74. The third-order valence-electron chi connectivity index (χ3n) is 2.16. The molecule has 17 heavy (non-hydrogen) atoms. The van der Waals surface area contributed by atoms with Crippen molar-refractivity contribution in [3.63, 3.8) is 0 Å². The first-order valence-corrected chi connectivity index (χ1v) is 5.90. The van der Waals surface area contributed by atoms with E-state index in [4.69, 9.17) is 9.68 Å². The van der Waals surface area contributed by atoms with Crippen LogP contribution in [0.15, 0.2) is 40.8 Å². The number of furan rings is 1. The molecule has 0 aliphatic rings. The lowest BCUT2D eigenvalue weighted by Gasteiger charge is -1.97. The average molecular weight is 339 g/mol. The van der Waals surface area contributed by atoms with Crippen LogP contribution in [0.4, 0.5) is 4.39 Å². The fraction of sp³-hybridized carbons (Fsp3) is 0. The van der Waals surface area contributed by atoms with E-state index in [9.17, 15) is 4.39 Å². The SMILES string of the molecule is N#CC(=Cc1ccc(I)o1)c1ccc(F)cc1. The van der Waals surface area contributed by atoms with Gasteiger partial charge in [-0.25, -0.2) is 4.39 Å². The van der Waals surface area contributed by atoms with Crippen LogP contribution in [0.3, 0.4) is 0 Å². The summed E-state index contributed by atoms with van der Waals surface area (Å²) in [6.07, 6.45) is 1.63. The second-order valence-corrected chi connectivity index (χ2v) is 4.38. The Hall–Kier alpha value is -1.61. The lowest BCUT2D eigenvalue weighted by Crippen LogP contribution is -1.82. The second kappa shape index (κ2) is 5.15. The Morgan fingerprint density at radius 1 is 1.24 bits per heavy atom. The van der Waals surface area contributed by atoms with Gasteiger partial charge in [-0.3, -0.25) is 0 Å². The van der Waals surface area contributed by atoms with E-state index >= 15 is 0 Å². The van der Waals surface area contributed by atoms with E-state index in [-0.39, 0.29) is 5.82 Å². The first kappa shape index (κ1) is 11.9. The van der Waals surface area contributed by atoms with Crippen LogP contribution in [0, 0.1) is 20.9 Å². The Labute approximate surface area is 112 Å². The predicted octanol–water partition coefficient (Wildman–Crippen LogP) is 4.09. The van der Waals surface area contributed by atoms with Crippen LogP contribution in [0.2, 0.25) is 0 Å². The highest BCUT2D eigenvalue weighted by Crippen LogP contribution is 2.20. The largest absolute Gasteiger partial charge is 0.451 e. The molecule has 2 aromatic rings. The van der Waals surface area contributed by atoms with Crippen molar-refractivity contribution in [2.24, 2.45) is 0 Å². The minimum Gasteiger partial charge on any atom is -0.451 e. The number of allylic oxidation sites excluding steroid dienone is 1. The number of benzene rings is 1. The van der Waals surface area contributed by atoms with Crippen molar-refractivity contribution in [3.05, 3.63) is 57.3 Å². The molecule has 0 spiro atoms. The van der Waals surface area contributed by atoms with Crippen molar-refractivity contribution in [3.8, 4) is 6.07 Å². The van der Waals surface area contributed by atoms with E-state index in [0.29, 0.717) is 16.9 Å². The van der Waals surface area contributed by atoms with Crippen LogP contribution < -0.4 is 0 Å². The van der Waals surface area contributed by atoms with Gasteiger partial charge < -0.3 is 4.42 Å².